The summed E-state index contributed by atoms with van der Waals surface area (Å²) in [5, 5.41) is 16.3. The number of carbonyl (C=O) groups excluding carboxylic acids is 1. The van der Waals surface area contributed by atoms with E-state index >= 15 is 0 Å². The molecule has 0 spiro atoms. The molecule has 0 saturated carbocycles. The maximum atomic E-state index is 11.7. The summed E-state index contributed by atoms with van der Waals surface area (Å²) in [4.78, 5) is 11.7. The zero-order chi connectivity index (χ0) is 13.7. The predicted octanol–water partition coefficient (Wildman–Crippen LogP) is 1.39. The van der Waals surface area contributed by atoms with Crippen LogP contribution in [-0.2, 0) is 11.2 Å². The van der Waals surface area contributed by atoms with E-state index in [1.807, 2.05) is 24.3 Å². The molecule has 0 aromatic heterocycles. The van der Waals surface area contributed by atoms with Gasteiger partial charge in [-0.15, -0.1) is 12.4 Å². The fourth-order valence-corrected chi connectivity index (χ4v) is 2.30. The van der Waals surface area contributed by atoms with E-state index in [9.17, 15) is 9.90 Å². The van der Waals surface area contributed by atoms with Gasteiger partial charge >= 0.3 is 0 Å². The summed E-state index contributed by atoms with van der Waals surface area (Å²) >= 11 is 5.80. The standard InChI is InChI=1S/C14H19ClN2O2.ClH/c15-12-4-1-10(2-5-12)3-6-14(19)17-8-11-7-16-9-13(11)18;/h1-2,4-5,11,13,16,18H,3,6-9H2,(H,17,19);1H. The quantitative estimate of drug-likeness (QED) is 0.769. The van der Waals surface area contributed by atoms with Crippen LogP contribution in [0.25, 0.3) is 0 Å². The average Bonchev–Trinajstić information content (AvgIpc) is 2.81. The first-order valence-electron chi connectivity index (χ1n) is 6.55. The van der Waals surface area contributed by atoms with Crippen molar-refractivity contribution in [3.8, 4) is 0 Å². The number of aryl methyl sites for hydroxylation is 1. The molecule has 1 aromatic carbocycles. The number of benzene rings is 1. The third-order valence-corrected chi connectivity index (χ3v) is 3.67. The van der Waals surface area contributed by atoms with Gasteiger partial charge in [-0.1, -0.05) is 23.7 Å². The highest BCUT2D eigenvalue weighted by molar-refractivity contribution is 6.30. The van der Waals surface area contributed by atoms with E-state index in [0.29, 0.717) is 31.0 Å². The van der Waals surface area contributed by atoms with E-state index in [0.717, 1.165) is 12.1 Å². The number of amides is 1. The Bertz CT molecular complexity index is 426. The molecule has 1 aliphatic rings. The first kappa shape index (κ1) is 17.2. The summed E-state index contributed by atoms with van der Waals surface area (Å²) in [7, 11) is 0. The van der Waals surface area contributed by atoms with Crippen LogP contribution in [0.5, 0.6) is 0 Å². The van der Waals surface area contributed by atoms with Crippen LogP contribution in [0.4, 0.5) is 0 Å². The molecular formula is C14H20Cl2N2O2. The van der Waals surface area contributed by atoms with E-state index in [2.05, 4.69) is 10.6 Å². The molecule has 2 unspecified atom stereocenters. The first-order chi connectivity index (χ1) is 9.15. The van der Waals surface area contributed by atoms with Crippen LogP contribution >= 0.6 is 24.0 Å². The molecule has 0 radical (unpaired) electrons. The van der Waals surface area contributed by atoms with Gasteiger partial charge in [0.1, 0.15) is 0 Å². The molecule has 1 aliphatic heterocycles. The third-order valence-electron chi connectivity index (χ3n) is 3.42. The molecule has 20 heavy (non-hydrogen) atoms. The maximum absolute atomic E-state index is 11.7. The van der Waals surface area contributed by atoms with Gasteiger partial charge in [0.05, 0.1) is 6.10 Å². The van der Waals surface area contributed by atoms with Crippen molar-refractivity contribution in [1.82, 2.24) is 10.6 Å². The first-order valence-corrected chi connectivity index (χ1v) is 6.93. The molecule has 1 heterocycles. The zero-order valence-corrected chi connectivity index (χ0v) is 12.7. The molecule has 1 fully saturated rings. The smallest absolute Gasteiger partial charge is 0.220 e. The van der Waals surface area contributed by atoms with E-state index in [1.54, 1.807) is 0 Å². The predicted molar refractivity (Wildman–Crippen MR) is 82.4 cm³/mol. The number of rotatable bonds is 5. The molecule has 1 amide bonds. The van der Waals surface area contributed by atoms with Crippen molar-refractivity contribution in [1.29, 1.82) is 0 Å². The van der Waals surface area contributed by atoms with Crippen molar-refractivity contribution in [2.75, 3.05) is 19.6 Å². The number of hydrogen-bond acceptors (Lipinski definition) is 3. The lowest BCUT2D eigenvalue weighted by atomic mass is 10.1. The summed E-state index contributed by atoms with van der Waals surface area (Å²) in [6, 6.07) is 7.52. The minimum atomic E-state index is -0.350. The minimum absolute atomic E-state index is 0. The van der Waals surface area contributed by atoms with Crippen LogP contribution in [0, 0.1) is 5.92 Å². The van der Waals surface area contributed by atoms with Crippen molar-refractivity contribution in [2.24, 2.45) is 5.92 Å². The topological polar surface area (TPSA) is 61.4 Å². The zero-order valence-electron chi connectivity index (χ0n) is 11.1. The highest BCUT2D eigenvalue weighted by atomic mass is 35.5. The summed E-state index contributed by atoms with van der Waals surface area (Å²) in [6.07, 6.45) is 0.809. The van der Waals surface area contributed by atoms with Crippen LogP contribution < -0.4 is 10.6 Å². The average molecular weight is 319 g/mol. The number of halogens is 2. The van der Waals surface area contributed by atoms with Gasteiger partial charge in [-0.2, -0.15) is 0 Å². The van der Waals surface area contributed by atoms with Crippen LogP contribution in [-0.4, -0.2) is 36.8 Å². The van der Waals surface area contributed by atoms with Crippen LogP contribution in [0.15, 0.2) is 24.3 Å². The Balaban J connectivity index is 0.00000200. The summed E-state index contributed by atoms with van der Waals surface area (Å²) in [6.45, 7) is 1.91. The minimum Gasteiger partial charge on any atom is -0.391 e. The van der Waals surface area contributed by atoms with Gasteiger partial charge in [-0.25, -0.2) is 0 Å². The highest BCUT2D eigenvalue weighted by Crippen LogP contribution is 2.11. The molecule has 0 aliphatic carbocycles. The van der Waals surface area contributed by atoms with E-state index in [1.165, 1.54) is 0 Å². The second-order valence-corrected chi connectivity index (χ2v) is 5.35. The van der Waals surface area contributed by atoms with Crippen molar-refractivity contribution < 1.29 is 9.90 Å². The Hall–Kier alpha value is -0.810. The number of aliphatic hydroxyl groups excluding tert-OH is 1. The Morgan fingerprint density at radius 1 is 1.35 bits per heavy atom. The number of β-amino-alcohol motifs (C(OH)–C–C–N with tert-alkyl or cyclic N) is 1. The Kier molecular flexibility index (Phi) is 7.30. The lowest BCUT2D eigenvalue weighted by molar-refractivity contribution is -0.121. The molecule has 1 saturated heterocycles. The van der Waals surface area contributed by atoms with Gasteiger partial charge in [-0.3, -0.25) is 4.79 Å². The van der Waals surface area contributed by atoms with Crippen LogP contribution in [0.1, 0.15) is 12.0 Å². The van der Waals surface area contributed by atoms with E-state index < -0.39 is 0 Å². The van der Waals surface area contributed by atoms with E-state index in [4.69, 9.17) is 11.6 Å². The van der Waals surface area contributed by atoms with Gasteiger partial charge < -0.3 is 15.7 Å². The second-order valence-electron chi connectivity index (χ2n) is 4.92. The van der Waals surface area contributed by atoms with Gasteiger partial charge in [-0.05, 0) is 24.1 Å². The van der Waals surface area contributed by atoms with Crippen LogP contribution in [0.3, 0.4) is 0 Å². The summed E-state index contributed by atoms with van der Waals surface area (Å²) in [5.41, 5.74) is 1.10. The van der Waals surface area contributed by atoms with Gasteiger partial charge in [0.15, 0.2) is 0 Å². The fraction of sp³-hybridized carbons (Fsp3) is 0.500. The van der Waals surface area contributed by atoms with Gasteiger partial charge in [0, 0.05) is 37.0 Å². The molecule has 0 bridgehead atoms. The Morgan fingerprint density at radius 3 is 2.65 bits per heavy atom. The van der Waals surface area contributed by atoms with Gasteiger partial charge in [0.2, 0.25) is 5.91 Å². The number of aliphatic hydroxyl groups is 1. The second kappa shape index (κ2) is 8.47. The fourth-order valence-electron chi connectivity index (χ4n) is 2.17. The Labute approximate surface area is 130 Å². The van der Waals surface area contributed by atoms with Crippen molar-refractivity contribution in [3.63, 3.8) is 0 Å². The largest absolute Gasteiger partial charge is 0.391 e. The van der Waals surface area contributed by atoms with Crippen molar-refractivity contribution in [2.45, 2.75) is 18.9 Å². The Morgan fingerprint density at radius 2 is 2.05 bits per heavy atom. The SMILES string of the molecule is Cl.O=C(CCc1ccc(Cl)cc1)NCC1CNCC1O. The number of nitrogens with one attached hydrogen (secondary N) is 2. The molecule has 3 N–H and O–H groups in total. The van der Waals surface area contributed by atoms with E-state index in [-0.39, 0.29) is 30.3 Å². The number of carbonyl (C=O) groups is 1. The molecule has 2 atom stereocenters. The summed E-state index contributed by atoms with van der Waals surface area (Å²) in [5.74, 6) is 0.147. The monoisotopic (exact) mass is 318 g/mol. The van der Waals surface area contributed by atoms with Gasteiger partial charge in [0.25, 0.3) is 0 Å². The molecule has 4 nitrogen and oxygen atoms in total. The van der Waals surface area contributed by atoms with Crippen molar-refractivity contribution >= 4 is 29.9 Å². The molecule has 1 aromatic rings. The molecule has 2 rings (SSSR count). The van der Waals surface area contributed by atoms with Crippen molar-refractivity contribution in [3.05, 3.63) is 34.9 Å². The third kappa shape index (κ3) is 5.29. The molecule has 112 valence electrons. The maximum Gasteiger partial charge on any atom is 0.220 e. The lowest BCUT2D eigenvalue weighted by Crippen LogP contribution is -2.34. The highest BCUT2D eigenvalue weighted by Gasteiger charge is 2.24. The molecule has 6 heteroatoms. The summed E-state index contributed by atoms with van der Waals surface area (Å²) < 4.78 is 0. The number of hydrogen-bond donors (Lipinski definition) is 3. The lowest BCUT2D eigenvalue weighted by Gasteiger charge is -2.14. The normalized spacial score (nSPS) is 21.3. The van der Waals surface area contributed by atoms with Crippen LogP contribution in [0.2, 0.25) is 5.02 Å². The molecular weight excluding hydrogens is 299 g/mol.